The summed E-state index contributed by atoms with van der Waals surface area (Å²) in [6.07, 6.45) is 0. The lowest BCUT2D eigenvalue weighted by Gasteiger charge is -2.27. The number of rotatable bonds is 3. The van der Waals surface area contributed by atoms with E-state index in [-0.39, 0.29) is 18.2 Å². The third kappa shape index (κ3) is 4.20. The maximum absolute atomic E-state index is 9.32. The number of nitrogens with one attached hydrogen (secondary N) is 1. The fourth-order valence-corrected chi connectivity index (χ4v) is 1.58. The van der Waals surface area contributed by atoms with Gasteiger partial charge in [0.15, 0.2) is 0 Å². The van der Waals surface area contributed by atoms with Gasteiger partial charge in [-0.25, -0.2) is 0 Å². The zero-order chi connectivity index (χ0) is 11.5. The van der Waals surface area contributed by atoms with E-state index in [1.165, 1.54) is 0 Å². The van der Waals surface area contributed by atoms with Gasteiger partial charge in [-0.3, -0.25) is 0 Å². The highest BCUT2D eigenvalue weighted by atomic mass is 35.5. The minimum atomic E-state index is -0.0396. The molecule has 0 aliphatic rings. The molecular formula is C12H18ClNO. The van der Waals surface area contributed by atoms with Crippen molar-refractivity contribution in [2.45, 2.75) is 32.4 Å². The SMILES string of the molecule is CC(C)(C)N[C@H](CO)c1ccc(Cl)cc1. The monoisotopic (exact) mass is 227 g/mol. The molecule has 3 heteroatoms. The van der Waals surface area contributed by atoms with Gasteiger partial charge in [-0.1, -0.05) is 23.7 Å². The smallest absolute Gasteiger partial charge is 0.0626 e. The normalized spacial score (nSPS) is 13.9. The molecule has 1 atom stereocenters. The zero-order valence-corrected chi connectivity index (χ0v) is 10.2. The predicted molar refractivity (Wildman–Crippen MR) is 64.2 cm³/mol. The summed E-state index contributed by atoms with van der Waals surface area (Å²) in [6, 6.07) is 7.50. The van der Waals surface area contributed by atoms with E-state index < -0.39 is 0 Å². The molecule has 0 saturated carbocycles. The summed E-state index contributed by atoms with van der Waals surface area (Å²) < 4.78 is 0. The van der Waals surface area contributed by atoms with Gasteiger partial charge in [-0.05, 0) is 38.5 Å². The number of aliphatic hydroxyl groups is 1. The minimum Gasteiger partial charge on any atom is -0.394 e. The lowest BCUT2D eigenvalue weighted by Crippen LogP contribution is -2.40. The fourth-order valence-electron chi connectivity index (χ4n) is 1.45. The Bertz CT molecular complexity index is 302. The lowest BCUT2D eigenvalue weighted by atomic mass is 10.0. The van der Waals surface area contributed by atoms with E-state index in [1.807, 2.05) is 24.3 Å². The average molecular weight is 228 g/mol. The molecule has 84 valence electrons. The molecule has 0 bridgehead atoms. The first-order valence-electron chi connectivity index (χ1n) is 5.06. The highest BCUT2D eigenvalue weighted by Crippen LogP contribution is 2.18. The van der Waals surface area contributed by atoms with Crippen LogP contribution < -0.4 is 5.32 Å². The maximum atomic E-state index is 9.32. The molecule has 1 aromatic rings. The molecule has 0 amide bonds. The summed E-state index contributed by atoms with van der Waals surface area (Å²) in [5.41, 5.74) is 1.03. The van der Waals surface area contributed by atoms with E-state index in [1.54, 1.807) is 0 Å². The van der Waals surface area contributed by atoms with Crippen molar-refractivity contribution in [3.8, 4) is 0 Å². The standard InChI is InChI=1S/C12H18ClNO/c1-12(2,3)14-11(8-15)9-4-6-10(13)7-5-9/h4-7,11,14-15H,8H2,1-3H3/t11-/m1/s1. The largest absolute Gasteiger partial charge is 0.394 e. The van der Waals surface area contributed by atoms with Crippen LogP contribution in [-0.4, -0.2) is 17.3 Å². The van der Waals surface area contributed by atoms with E-state index in [9.17, 15) is 5.11 Å². The maximum Gasteiger partial charge on any atom is 0.0626 e. The van der Waals surface area contributed by atoms with Crippen LogP contribution in [0.3, 0.4) is 0 Å². The zero-order valence-electron chi connectivity index (χ0n) is 9.42. The van der Waals surface area contributed by atoms with Crippen LogP contribution >= 0.6 is 11.6 Å². The number of aliphatic hydroxyl groups excluding tert-OH is 1. The first-order valence-corrected chi connectivity index (χ1v) is 5.44. The summed E-state index contributed by atoms with van der Waals surface area (Å²) in [7, 11) is 0. The van der Waals surface area contributed by atoms with E-state index in [0.717, 1.165) is 5.56 Å². The van der Waals surface area contributed by atoms with Crippen molar-refractivity contribution in [1.82, 2.24) is 5.32 Å². The Labute approximate surface area is 96.3 Å². The van der Waals surface area contributed by atoms with Gasteiger partial charge in [-0.15, -0.1) is 0 Å². The van der Waals surface area contributed by atoms with Gasteiger partial charge >= 0.3 is 0 Å². The molecule has 0 spiro atoms. The predicted octanol–water partition coefficient (Wildman–Crippen LogP) is 2.76. The van der Waals surface area contributed by atoms with Gasteiger partial charge in [0, 0.05) is 10.6 Å². The van der Waals surface area contributed by atoms with Crippen LogP contribution in [0.5, 0.6) is 0 Å². The van der Waals surface area contributed by atoms with Crippen LogP contribution in [0.4, 0.5) is 0 Å². The Hall–Kier alpha value is -0.570. The van der Waals surface area contributed by atoms with Crippen LogP contribution in [0.2, 0.25) is 5.02 Å². The second kappa shape index (κ2) is 4.97. The first-order chi connectivity index (χ1) is 6.92. The molecule has 0 heterocycles. The number of halogens is 1. The molecular weight excluding hydrogens is 210 g/mol. The van der Waals surface area contributed by atoms with Crippen LogP contribution in [0.25, 0.3) is 0 Å². The molecule has 0 aromatic heterocycles. The molecule has 1 rings (SSSR count). The molecule has 2 N–H and O–H groups in total. The van der Waals surface area contributed by atoms with Crippen LogP contribution in [0.1, 0.15) is 32.4 Å². The Morgan fingerprint density at radius 2 is 1.80 bits per heavy atom. The third-order valence-corrected chi connectivity index (χ3v) is 2.31. The van der Waals surface area contributed by atoms with Crippen molar-refractivity contribution in [1.29, 1.82) is 0 Å². The van der Waals surface area contributed by atoms with Crippen molar-refractivity contribution < 1.29 is 5.11 Å². The Balaban J connectivity index is 2.79. The molecule has 0 unspecified atom stereocenters. The molecule has 0 aliphatic carbocycles. The Morgan fingerprint density at radius 3 is 2.20 bits per heavy atom. The fraction of sp³-hybridized carbons (Fsp3) is 0.500. The summed E-state index contributed by atoms with van der Waals surface area (Å²) in [6.45, 7) is 6.31. The van der Waals surface area contributed by atoms with Crippen molar-refractivity contribution in [2.75, 3.05) is 6.61 Å². The second-order valence-corrected chi connectivity index (χ2v) is 5.12. The van der Waals surface area contributed by atoms with E-state index in [0.29, 0.717) is 5.02 Å². The Morgan fingerprint density at radius 1 is 1.27 bits per heavy atom. The highest BCUT2D eigenvalue weighted by Gasteiger charge is 2.17. The molecule has 1 aromatic carbocycles. The van der Waals surface area contributed by atoms with Gasteiger partial charge in [0.1, 0.15) is 0 Å². The van der Waals surface area contributed by atoms with Crippen LogP contribution in [-0.2, 0) is 0 Å². The van der Waals surface area contributed by atoms with Crippen molar-refractivity contribution in [3.63, 3.8) is 0 Å². The summed E-state index contributed by atoms with van der Waals surface area (Å²) in [5, 5.41) is 13.4. The molecule has 0 saturated heterocycles. The lowest BCUT2D eigenvalue weighted by molar-refractivity contribution is 0.217. The van der Waals surface area contributed by atoms with Crippen LogP contribution in [0, 0.1) is 0 Å². The van der Waals surface area contributed by atoms with E-state index >= 15 is 0 Å². The molecule has 2 nitrogen and oxygen atoms in total. The van der Waals surface area contributed by atoms with E-state index in [4.69, 9.17) is 11.6 Å². The molecule has 0 fully saturated rings. The molecule has 0 radical (unpaired) electrons. The van der Waals surface area contributed by atoms with E-state index in [2.05, 4.69) is 26.1 Å². The van der Waals surface area contributed by atoms with Gasteiger partial charge in [0.05, 0.1) is 12.6 Å². The molecule has 0 aliphatic heterocycles. The van der Waals surface area contributed by atoms with Gasteiger partial charge in [0.2, 0.25) is 0 Å². The number of benzene rings is 1. The number of hydrogen-bond acceptors (Lipinski definition) is 2. The summed E-state index contributed by atoms with van der Waals surface area (Å²) in [4.78, 5) is 0. The van der Waals surface area contributed by atoms with Gasteiger partial charge in [-0.2, -0.15) is 0 Å². The van der Waals surface area contributed by atoms with Gasteiger partial charge < -0.3 is 10.4 Å². The highest BCUT2D eigenvalue weighted by molar-refractivity contribution is 6.30. The first kappa shape index (κ1) is 12.5. The quantitative estimate of drug-likeness (QED) is 0.833. The van der Waals surface area contributed by atoms with Crippen molar-refractivity contribution in [3.05, 3.63) is 34.9 Å². The number of hydrogen-bond donors (Lipinski definition) is 2. The van der Waals surface area contributed by atoms with Crippen molar-refractivity contribution in [2.24, 2.45) is 0 Å². The summed E-state index contributed by atoms with van der Waals surface area (Å²) in [5.74, 6) is 0. The Kier molecular flexibility index (Phi) is 4.14. The van der Waals surface area contributed by atoms with Gasteiger partial charge in [0.25, 0.3) is 0 Å². The minimum absolute atomic E-state index is 0.0208. The topological polar surface area (TPSA) is 32.3 Å². The summed E-state index contributed by atoms with van der Waals surface area (Å²) >= 11 is 5.81. The third-order valence-electron chi connectivity index (χ3n) is 2.06. The van der Waals surface area contributed by atoms with Crippen LogP contribution in [0.15, 0.2) is 24.3 Å². The second-order valence-electron chi connectivity index (χ2n) is 4.68. The molecule has 15 heavy (non-hydrogen) atoms. The average Bonchev–Trinajstić information content (AvgIpc) is 2.14. The van der Waals surface area contributed by atoms with Crippen molar-refractivity contribution >= 4 is 11.6 Å².